The fourth-order valence-corrected chi connectivity index (χ4v) is 5.29. The van der Waals surface area contributed by atoms with Gasteiger partial charge >= 0.3 is 0 Å². The summed E-state index contributed by atoms with van der Waals surface area (Å²) in [6, 6.07) is 6.15. The van der Waals surface area contributed by atoms with Crippen LogP contribution in [-0.4, -0.2) is 36.8 Å². The Morgan fingerprint density at radius 1 is 1.27 bits per heavy atom. The maximum atomic E-state index is 12.8. The third kappa shape index (κ3) is 3.36. The summed E-state index contributed by atoms with van der Waals surface area (Å²) >= 11 is 0. The van der Waals surface area contributed by atoms with Gasteiger partial charge in [0.1, 0.15) is 5.75 Å². The number of hydrogen-bond donors (Lipinski definition) is 1. The molecular formula is C21H25N2O2P. The molecular weight excluding hydrogens is 343 g/mol. The molecule has 0 aliphatic carbocycles. The summed E-state index contributed by atoms with van der Waals surface area (Å²) in [5.41, 5.74) is 3.52. The highest BCUT2D eigenvalue weighted by molar-refractivity contribution is 7.51. The zero-order valence-electron chi connectivity index (χ0n) is 15.3. The molecule has 0 spiro atoms. The van der Waals surface area contributed by atoms with Crippen LogP contribution in [0.2, 0.25) is 0 Å². The van der Waals surface area contributed by atoms with Gasteiger partial charge in [0.05, 0.1) is 12.9 Å². The number of ether oxygens (including phenoxy) is 1. The molecule has 1 saturated heterocycles. The summed E-state index contributed by atoms with van der Waals surface area (Å²) in [5.74, 6) is 1.69. The Morgan fingerprint density at radius 2 is 2.08 bits per heavy atom. The molecule has 1 amide bonds. The molecule has 0 bridgehead atoms. The summed E-state index contributed by atoms with van der Waals surface area (Å²) in [6.07, 6.45) is 10.7. The largest absolute Gasteiger partial charge is 0.496 e. The van der Waals surface area contributed by atoms with Crippen LogP contribution >= 0.6 is 8.58 Å². The summed E-state index contributed by atoms with van der Waals surface area (Å²) in [6.45, 7) is 4.17. The Hall–Kier alpha value is -1.90. The van der Waals surface area contributed by atoms with Crippen molar-refractivity contribution >= 4 is 19.8 Å². The minimum atomic E-state index is 0.0907. The molecule has 1 aromatic rings. The van der Waals surface area contributed by atoms with E-state index in [1.165, 1.54) is 5.57 Å². The number of carbonyl (C=O) groups excluding carboxylic acids is 1. The number of piperidine rings is 1. The molecule has 136 valence electrons. The lowest BCUT2D eigenvalue weighted by atomic mass is 9.89. The molecule has 0 radical (unpaired) electrons. The molecule has 2 atom stereocenters. The van der Waals surface area contributed by atoms with Crippen molar-refractivity contribution in [1.82, 2.24) is 10.2 Å². The lowest BCUT2D eigenvalue weighted by molar-refractivity contribution is -0.123. The van der Waals surface area contributed by atoms with Gasteiger partial charge in [-0.15, -0.1) is 0 Å². The molecule has 4 nitrogen and oxygen atoms in total. The van der Waals surface area contributed by atoms with Crippen LogP contribution < -0.4 is 10.1 Å². The van der Waals surface area contributed by atoms with E-state index in [-0.39, 0.29) is 11.7 Å². The first-order valence-corrected chi connectivity index (χ1v) is 10.3. The Labute approximate surface area is 156 Å². The minimum absolute atomic E-state index is 0.0907. The second kappa shape index (κ2) is 7.38. The molecule has 1 fully saturated rings. The number of rotatable bonds is 3. The average molecular weight is 368 g/mol. The Morgan fingerprint density at radius 3 is 2.81 bits per heavy atom. The molecule has 2 unspecified atom stereocenters. The van der Waals surface area contributed by atoms with Crippen molar-refractivity contribution in [3.05, 3.63) is 59.3 Å². The van der Waals surface area contributed by atoms with Gasteiger partial charge in [0.15, 0.2) is 0 Å². The van der Waals surface area contributed by atoms with Crippen LogP contribution in [0.15, 0.2) is 48.2 Å². The topological polar surface area (TPSA) is 41.6 Å². The zero-order chi connectivity index (χ0) is 18.1. The number of hydrogen-bond acceptors (Lipinski definition) is 3. The van der Waals surface area contributed by atoms with Crippen molar-refractivity contribution in [1.29, 1.82) is 0 Å². The number of aryl methyl sites for hydroxylation is 1. The number of methoxy groups -OCH3 is 1. The molecule has 0 aromatic heterocycles. The predicted octanol–water partition coefficient (Wildman–Crippen LogP) is 3.64. The Bertz CT molecular complexity index is 806. The number of amides is 1. The van der Waals surface area contributed by atoms with E-state index < -0.39 is 0 Å². The monoisotopic (exact) mass is 368 g/mol. The maximum Gasteiger partial charge on any atom is 0.252 e. The predicted molar refractivity (Wildman–Crippen MR) is 107 cm³/mol. The molecule has 3 aliphatic rings. The molecule has 0 saturated carbocycles. The number of carbonyl (C=O) groups is 1. The van der Waals surface area contributed by atoms with E-state index >= 15 is 0 Å². The first-order valence-electron chi connectivity index (χ1n) is 9.22. The highest BCUT2D eigenvalue weighted by atomic mass is 31.1. The van der Waals surface area contributed by atoms with Crippen LogP contribution in [0.25, 0.3) is 5.31 Å². The van der Waals surface area contributed by atoms with Crippen molar-refractivity contribution in [2.45, 2.75) is 25.5 Å². The fourth-order valence-electron chi connectivity index (χ4n) is 3.91. The van der Waals surface area contributed by atoms with Gasteiger partial charge in [0.25, 0.3) is 5.91 Å². The fraction of sp³-hybridized carbons (Fsp3) is 0.381. The first kappa shape index (κ1) is 17.5. The summed E-state index contributed by atoms with van der Waals surface area (Å²) in [5, 5.41) is 4.54. The van der Waals surface area contributed by atoms with Gasteiger partial charge in [-0.3, -0.25) is 4.79 Å². The van der Waals surface area contributed by atoms with Gasteiger partial charge in [-0.05, 0) is 72.9 Å². The Kier molecular flexibility index (Phi) is 4.97. The van der Waals surface area contributed by atoms with Gasteiger partial charge in [-0.2, -0.15) is 0 Å². The van der Waals surface area contributed by atoms with Gasteiger partial charge in [-0.25, -0.2) is 0 Å². The Balaban J connectivity index is 1.57. The molecule has 26 heavy (non-hydrogen) atoms. The first-order chi connectivity index (χ1) is 12.7. The van der Waals surface area contributed by atoms with Gasteiger partial charge < -0.3 is 15.0 Å². The quantitative estimate of drug-likeness (QED) is 0.828. The normalized spacial score (nSPS) is 24.3. The number of allylic oxidation sites excluding steroid dienone is 2. The van der Waals surface area contributed by atoms with E-state index in [0.29, 0.717) is 14.5 Å². The van der Waals surface area contributed by atoms with Crippen molar-refractivity contribution in [3.8, 4) is 5.75 Å². The van der Waals surface area contributed by atoms with E-state index in [0.717, 1.165) is 48.1 Å². The smallest absolute Gasteiger partial charge is 0.252 e. The summed E-state index contributed by atoms with van der Waals surface area (Å²) < 4.78 is 5.35. The number of fused-ring (bicyclic) bond motifs is 1. The molecule has 1 N–H and O–H groups in total. The van der Waals surface area contributed by atoms with E-state index in [2.05, 4.69) is 35.8 Å². The second-order valence-corrected chi connectivity index (χ2v) is 8.51. The van der Waals surface area contributed by atoms with Crippen LogP contribution in [-0.2, 0) is 4.79 Å². The van der Waals surface area contributed by atoms with Crippen LogP contribution in [0, 0.1) is 12.8 Å². The van der Waals surface area contributed by atoms with Gasteiger partial charge in [0.2, 0.25) is 0 Å². The van der Waals surface area contributed by atoms with E-state index in [1.54, 1.807) is 7.11 Å². The minimum Gasteiger partial charge on any atom is -0.496 e. The third-order valence-electron chi connectivity index (χ3n) is 5.40. The SMILES string of the molecule is COc1ccc(C2=CC(=O)N3C=C(C4CCNCC4)C=CC3P2)cc1C. The zero-order valence-corrected chi connectivity index (χ0v) is 16.3. The van der Waals surface area contributed by atoms with Crippen molar-refractivity contribution in [2.75, 3.05) is 20.2 Å². The summed E-state index contributed by atoms with van der Waals surface area (Å²) in [4.78, 5) is 14.7. The van der Waals surface area contributed by atoms with E-state index in [4.69, 9.17) is 4.74 Å². The number of nitrogens with zero attached hydrogens (tertiary/aromatic N) is 1. The van der Waals surface area contributed by atoms with Crippen molar-refractivity contribution < 1.29 is 9.53 Å². The summed E-state index contributed by atoms with van der Waals surface area (Å²) in [7, 11) is 2.24. The van der Waals surface area contributed by atoms with Crippen LogP contribution in [0.4, 0.5) is 0 Å². The van der Waals surface area contributed by atoms with Gasteiger partial charge in [-0.1, -0.05) is 26.8 Å². The molecule has 3 aliphatic heterocycles. The maximum absolute atomic E-state index is 12.8. The number of nitrogens with one attached hydrogen (secondary N) is 1. The standard InChI is InChI=1S/C21H25N2O2P/c1-14-11-16(3-5-18(14)25-2)19-12-20(24)23-13-17(4-6-21(23)26-19)15-7-9-22-10-8-15/h3-6,11-13,15,21-22,26H,7-10H2,1-2H3. The second-order valence-electron chi connectivity index (χ2n) is 7.09. The van der Waals surface area contributed by atoms with Crippen molar-refractivity contribution in [2.24, 2.45) is 5.92 Å². The highest BCUT2D eigenvalue weighted by Gasteiger charge is 2.30. The molecule has 3 heterocycles. The highest BCUT2D eigenvalue weighted by Crippen LogP contribution is 2.45. The van der Waals surface area contributed by atoms with Crippen molar-refractivity contribution in [3.63, 3.8) is 0 Å². The molecule has 4 rings (SSSR count). The lowest BCUT2D eigenvalue weighted by Crippen LogP contribution is -2.37. The molecule has 1 aromatic carbocycles. The average Bonchev–Trinajstić information content (AvgIpc) is 2.68. The van der Waals surface area contributed by atoms with Gasteiger partial charge in [0, 0.05) is 12.3 Å². The van der Waals surface area contributed by atoms with Crippen LogP contribution in [0.1, 0.15) is 24.0 Å². The van der Waals surface area contributed by atoms with Crippen LogP contribution in [0.3, 0.4) is 0 Å². The van der Waals surface area contributed by atoms with Crippen LogP contribution in [0.5, 0.6) is 5.75 Å². The van der Waals surface area contributed by atoms with E-state index in [1.807, 2.05) is 24.0 Å². The molecule has 5 heteroatoms. The van der Waals surface area contributed by atoms with E-state index in [9.17, 15) is 4.79 Å². The lowest BCUT2D eigenvalue weighted by Gasteiger charge is -2.36. The third-order valence-corrected chi connectivity index (χ3v) is 6.91. The number of benzene rings is 1.